The summed E-state index contributed by atoms with van der Waals surface area (Å²) < 4.78 is 1.63. The van der Waals surface area contributed by atoms with Crippen molar-refractivity contribution in [3.8, 4) is 0 Å². The second-order valence-corrected chi connectivity index (χ2v) is 7.54. The maximum atomic E-state index is 12.7. The lowest BCUT2D eigenvalue weighted by molar-refractivity contribution is 0.0673. The third-order valence-electron chi connectivity index (χ3n) is 4.77. The van der Waals surface area contributed by atoms with Crippen molar-refractivity contribution in [2.45, 2.75) is 32.6 Å². The highest BCUT2D eigenvalue weighted by Gasteiger charge is 2.25. The highest BCUT2D eigenvalue weighted by Crippen LogP contribution is 2.37. The Morgan fingerprint density at radius 3 is 2.65 bits per heavy atom. The number of rotatable bonds is 5. The number of aliphatic hydroxyl groups is 2. The van der Waals surface area contributed by atoms with Crippen LogP contribution in [0.5, 0.6) is 0 Å². The number of fused-ring (bicyclic) bond motifs is 5. The van der Waals surface area contributed by atoms with Crippen LogP contribution in [-0.2, 0) is 12.8 Å². The Labute approximate surface area is 154 Å². The van der Waals surface area contributed by atoms with Crippen LogP contribution in [0, 0.1) is 6.92 Å². The predicted octanol–water partition coefficient (Wildman–Crippen LogP) is 0.953. The number of nitrogens with zero attached hydrogens (tertiary/aromatic N) is 5. The van der Waals surface area contributed by atoms with Gasteiger partial charge in [-0.25, -0.2) is 9.97 Å². The summed E-state index contributed by atoms with van der Waals surface area (Å²) in [6, 6.07) is 0. The first-order valence-corrected chi connectivity index (χ1v) is 9.64. The van der Waals surface area contributed by atoms with Gasteiger partial charge in [0.25, 0.3) is 5.91 Å². The predicted molar refractivity (Wildman–Crippen MR) is 97.6 cm³/mol. The van der Waals surface area contributed by atoms with E-state index >= 15 is 0 Å². The standard InChI is InChI=1S/C17H21N5O3S/c1-10-18-16-13(11-4-2-3-5-12(11)26-16)15-19-14(20-22(10)15)17(25)21(6-8-23)7-9-24/h23-24H,2-9H2,1H3. The smallest absolute Gasteiger partial charge is 0.293 e. The fourth-order valence-corrected chi connectivity index (χ4v) is 4.84. The molecule has 4 rings (SSSR count). The Bertz CT molecular complexity index is 974. The maximum absolute atomic E-state index is 12.7. The van der Waals surface area contributed by atoms with Gasteiger partial charge in [0.15, 0.2) is 5.65 Å². The number of aromatic nitrogens is 4. The Hall–Kier alpha value is -2.10. The molecule has 0 radical (unpaired) electrons. The largest absolute Gasteiger partial charge is 0.395 e. The molecule has 138 valence electrons. The lowest BCUT2D eigenvalue weighted by atomic mass is 9.97. The minimum Gasteiger partial charge on any atom is -0.395 e. The van der Waals surface area contributed by atoms with E-state index in [4.69, 9.17) is 10.2 Å². The summed E-state index contributed by atoms with van der Waals surface area (Å²) in [6.45, 7) is 1.77. The van der Waals surface area contributed by atoms with E-state index in [1.807, 2.05) is 6.92 Å². The van der Waals surface area contributed by atoms with Gasteiger partial charge in [0.1, 0.15) is 10.7 Å². The lowest BCUT2D eigenvalue weighted by Crippen LogP contribution is -2.36. The Kier molecular flexibility index (Phi) is 4.60. The van der Waals surface area contributed by atoms with Crippen LogP contribution in [0.1, 0.15) is 39.7 Å². The Balaban J connectivity index is 1.86. The number of hydrogen-bond donors (Lipinski definition) is 2. The van der Waals surface area contributed by atoms with Gasteiger partial charge in [-0.1, -0.05) is 0 Å². The van der Waals surface area contributed by atoms with E-state index in [0.717, 1.165) is 29.5 Å². The van der Waals surface area contributed by atoms with Crippen LogP contribution >= 0.6 is 11.3 Å². The monoisotopic (exact) mass is 375 g/mol. The average molecular weight is 375 g/mol. The quantitative estimate of drug-likeness (QED) is 0.688. The minimum atomic E-state index is -0.395. The van der Waals surface area contributed by atoms with Crippen molar-refractivity contribution in [3.05, 3.63) is 22.1 Å². The zero-order chi connectivity index (χ0) is 18.3. The summed E-state index contributed by atoms with van der Waals surface area (Å²) in [5, 5.41) is 23.7. The first-order valence-electron chi connectivity index (χ1n) is 8.82. The van der Waals surface area contributed by atoms with Gasteiger partial charge >= 0.3 is 0 Å². The van der Waals surface area contributed by atoms with Crippen LogP contribution in [0.2, 0.25) is 0 Å². The molecule has 0 atom stereocenters. The van der Waals surface area contributed by atoms with E-state index in [-0.39, 0.29) is 32.1 Å². The molecule has 0 aromatic carbocycles. The molecule has 0 spiro atoms. The number of thiophene rings is 1. The molecule has 8 nitrogen and oxygen atoms in total. The van der Waals surface area contributed by atoms with Crippen molar-refractivity contribution in [3.63, 3.8) is 0 Å². The summed E-state index contributed by atoms with van der Waals surface area (Å²) in [7, 11) is 0. The first kappa shape index (κ1) is 17.3. The molecule has 0 aliphatic heterocycles. The SMILES string of the molecule is Cc1nc2sc3c(c2c2nc(C(=O)N(CCO)CCO)nn12)CCCC3. The molecule has 1 aliphatic rings. The van der Waals surface area contributed by atoms with Gasteiger partial charge in [0.2, 0.25) is 5.82 Å². The van der Waals surface area contributed by atoms with Crippen molar-refractivity contribution in [2.24, 2.45) is 0 Å². The van der Waals surface area contributed by atoms with Gasteiger partial charge in [0.05, 0.1) is 18.6 Å². The molecule has 3 heterocycles. The molecule has 3 aromatic rings. The summed E-state index contributed by atoms with van der Waals surface area (Å²) in [5.74, 6) is 0.363. The van der Waals surface area contributed by atoms with E-state index in [1.54, 1.807) is 15.9 Å². The molecular formula is C17H21N5O3S. The van der Waals surface area contributed by atoms with Crippen LogP contribution in [0.15, 0.2) is 0 Å². The van der Waals surface area contributed by atoms with Gasteiger partial charge in [-0.3, -0.25) is 4.79 Å². The van der Waals surface area contributed by atoms with E-state index in [2.05, 4.69) is 15.1 Å². The summed E-state index contributed by atoms with van der Waals surface area (Å²) in [5.41, 5.74) is 1.96. The second kappa shape index (κ2) is 6.90. The van der Waals surface area contributed by atoms with E-state index in [9.17, 15) is 4.79 Å². The molecule has 9 heteroatoms. The number of aliphatic hydroxyl groups excluding tert-OH is 2. The van der Waals surface area contributed by atoms with Gasteiger partial charge in [0, 0.05) is 18.0 Å². The third kappa shape index (κ3) is 2.76. The van der Waals surface area contributed by atoms with Crippen molar-refractivity contribution in [1.29, 1.82) is 0 Å². The molecule has 0 saturated carbocycles. The normalized spacial score (nSPS) is 14.1. The maximum Gasteiger partial charge on any atom is 0.293 e. The zero-order valence-corrected chi connectivity index (χ0v) is 15.4. The van der Waals surface area contributed by atoms with Crippen molar-refractivity contribution in [1.82, 2.24) is 24.5 Å². The average Bonchev–Trinajstić information content (AvgIpc) is 3.22. The highest BCUT2D eigenvalue weighted by atomic mass is 32.1. The number of carbonyl (C=O) groups excluding carboxylic acids is 1. The van der Waals surface area contributed by atoms with E-state index in [0.29, 0.717) is 11.5 Å². The van der Waals surface area contributed by atoms with Gasteiger partial charge in [-0.05, 0) is 38.2 Å². The van der Waals surface area contributed by atoms with Crippen LogP contribution in [0.3, 0.4) is 0 Å². The highest BCUT2D eigenvalue weighted by molar-refractivity contribution is 7.19. The Morgan fingerprint density at radius 2 is 1.92 bits per heavy atom. The lowest BCUT2D eigenvalue weighted by Gasteiger charge is -2.18. The first-order chi connectivity index (χ1) is 12.6. The fraction of sp³-hybridized carbons (Fsp3) is 0.529. The molecule has 0 bridgehead atoms. The molecule has 26 heavy (non-hydrogen) atoms. The number of aryl methyl sites for hydroxylation is 3. The molecule has 3 aromatic heterocycles. The van der Waals surface area contributed by atoms with Crippen molar-refractivity contribution >= 4 is 33.1 Å². The van der Waals surface area contributed by atoms with E-state index in [1.165, 1.54) is 21.8 Å². The van der Waals surface area contributed by atoms with Crippen molar-refractivity contribution in [2.75, 3.05) is 26.3 Å². The van der Waals surface area contributed by atoms with Gasteiger partial charge < -0.3 is 15.1 Å². The zero-order valence-electron chi connectivity index (χ0n) is 14.6. The molecule has 0 fully saturated rings. The van der Waals surface area contributed by atoms with Crippen LogP contribution < -0.4 is 0 Å². The number of carbonyl (C=O) groups is 1. The molecular weight excluding hydrogens is 354 g/mol. The fourth-order valence-electron chi connectivity index (χ4n) is 3.54. The Morgan fingerprint density at radius 1 is 1.19 bits per heavy atom. The van der Waals surface area contributed by atoms with Crippen LogP contribution in [0.4, 0.5) is 0 Å². The van der Waals surface area contributed by atoms with Gasteiger partial charge in [-0.2, -0.15) is 4.52 Å². The number of amides is 1. The summed E-state index contributed by atoms with van der Waals surface area (Å²) in [4.78, 5) is 25.6. The molecule has 1 aliphatic carbocycles. The number of hydrogen-bond acceptors (Lipinski definition) is 7. The molecule has 0 saturated heterocycles. The van der Waals surface area contributed by atoms with Crippen LogP contribution in [-0.4, -0.2) is 66.9 Å². The van der Waals surface area contributed by atoms with E-state index < -0.39 is 5.91 Å². The molecule has 2 N–H and O–H groups in total. The molecule has 0 unspecified atom stereocenters. The third-order valence-corrected chi connectivity index (χ3v) is 5.96. The summed E-state index contributed by atoms with van der Waals surface area (Å²) >= 11 is 1.72. The summed E-state index contributed by atoms with van der Waals surface area (Å²) in [6.07, 6.45) is 4.43. The van der Waals surface area contributed by atoms with Crippen LogP contribution in [0.25, 0.3) is 15.9 Å². The van der Waals surface area contributed by atoms with Crippen molar-refractivity contribution < 1.29 is 15.0 Å². The van der Waals surface area contributed by atoms with Gasteiger partial charge in [-0.15, -0.1) is 16.4 Å². The topological polar surface area (TPSA) is 104 Å². The second-order valence-electron chi connectivity index (χ2n) is 6.46. The minimum absolute atomic E-state index is 0.0695. The molecule has 1 amide bonds.